The van der Waals surface area contributed by atoms with Gasteiger partial charge in [-0.2, -0.15) is 0 Å². The molecule has 2 rings (SSSR count). The zero-order valence-corrected chi connectivity index (χ0v) is 7.76. The van der Waals surface area contributed by atoms with Crippen LogP contribution in [0.25, 0.3) is 0 Å². The lowest BCUT2D eigenvalue weighted by molar-refractivity contribution is 0.397. The molecule has 0 bridgehead atoms. The molecule has 0 aliphatic heterocycles. The fourth-order valence-corrected chi connectivity index (χ4v) is 2.43. The van der Waals surface area contributed by atoms with Crippen LogP contribution in [-0.4, -0.2) is 0 Å². The largest absolute Gasteiger partial charge is 0.0844 e. The molecule has 0 radical (unpaired) electrons. The van der Waals surface area contributed by atoms with Gasteiger partial charge in [0.15, 0.2) is 0 Å². The van der Waals surface area contributed by atoms with Crippen LogP contribution in [-0.2, 0) is 0 Å². The van der Waals surface area contributed by atoms with E-state index in [-0.39, 0.29) is 0 Å². The quantitative estimate of drug-likeness (QED) is 0.514. The molecule has 0 N–H and O–H groups in total. The minimum atomic E-state index is 0.948. The summed E-state index contributed by atoms with van der Waals surface area (Å²) in [5, 5.41) is 0. The molecule has 0 unspecified atom stereocenters. The molecular weight excluding hydrogens is 144 g/mol. The molecule has 0 spiro atoms. The number of hydrogen-bond donors (Lipinski definition) is 0. The Bertz CT molecular complexity index is 192. The summed E-state index contributed by atoms with van der Waals surface area (Å²) in [5.41, 5.74) is 1.73. The van der Waals surface area contributed by atoms with Crippen LogP contribution < -0.4 is 0 Å². The van der Waals surface area contributed by atoms with Gasteiger partial charge in [0, 0.05) is 0 Å². The van der Waals surface area contributed by atoms with Crippen molar-refractivity contribution >= 4 is 0 Å². The summed E-state index contributed by atoms with van der Waals surface area (Å²) in [6.45, 7) is 0. The molecule has 2 aliphatic rings. The fraction of sp³-hybridized carbons (Fsp3) is 0.667. The van der Waals surface area contributed by atoms with E-state index in [0.29, 0.717) is 0 Å². The summed E-state index contributed by atoms with van der Waals surface area (Å²) < 4.78 is 0. The van der Waals surface area contributed by atoms with Gasteiger partial charge in [0.25, 0.3) is 0 Å². The zero-order valence-electron chi connectivity index (χ0n) is 7.76. The highest BCUT2D eigenvalue weighted by molar-refractivity contribution is 5.17. The average molecular weight is 162 g/mol. The van der Waals surface area contributed by atoms with Crippen LogP contribution >= 0.6 is 0 Å². The zero-order chi connectivity index (χ0) is 8.23. The maximum absolute atomic E-state index is 2.45. The Kier molecular flexibility index (Phi) is 2.65. The third-order valence-electron chi connectivity index (χ3n) is 3.17. The normalized spacial score (nSPS) is 25.5. The highest BCUT2D eigenvalue weighted by atomic mass is 14.2. The van der Waals surface area contributed by atoms with E-state index in [1.54, 1.807) is 5.57 Å². The van der Waals surface area contributed by atoms with Gasteiger partial charge in [-0.25, -0.2) is 0 Å². The predicted molar refractivity (Wildman–Crippen MR) is 53.0 cm³/mol. The third-order valence-corrected chi connectivity index (χ3v) is 3.17. The molecule has 0 heterocycles. The molecule has 0 heteroatoms. The molecular formula is C12H18. The van der Waals surface area contributed by atoms with Crippen molar-refractivity contribution in [3.05, 3.63) is 23.8 Å². The third kappa shape index (κ3) is 1.80. The molecule has 0 saturated heterocycles. The van der Waals surface area contributed by atoms with Gasteiger partial charge < -0.3 is 0 Å². The standard InChI is InChI=1S/C12H18/c1-3-7-11(8-4-1)12-9-5-2-6-10-12/h1,3,8,12H,2,4-7,9-10H2. The first-order valence-electron chi connectivity index (χ1n) is 5.31. The van der Waals surface area contributed by atoms with Gasteiger partial charge in [0.1, 0.15) is 0 Å². The Morgan fingerprint density at radius 2 is 1.83 bits per heavy atom. The first-order chi connectivity index (χ1) is 5.97. The van der Waals surface area contributed by atoms with Crippen molar-refractivity contribution in [3.63, 3.8) is 0 Å². The molecule has 0 amide bonds. The molecule has 0 aromatic heterocycles. The van der Waals surface area contributed by atoms with Gasteiger partial charge >= 0.3 is 0 Å². The van der Waals surface area contributed by atoms with Crippen LogP contribution in [0, 0.1) is 5.92 Å². The number of allylic oxidation sites excluding steroid dienone is 4. The van der Waals surface area contributed by atoms with E-state index in [0.717, 1.165) is 5.92 Å². The second-order valence-corrected chi connectivity index (χ2v) is 4.03. The first kappa shape index (κ1) is 8.10. The predicted octanol–water partition coefficient (Wildman–Crippen LogP) is 3.84. The summed E-state index contributed by atoms with van der Waals surface area (Å²) in [5.74, 6) is 0.948. The summed E-state index contributed by atoms with van der Waals surface area (Å²) in [6.07, 6.45) is 16.8. The minimum absolute atomic E-state index is 0.948. The van der Waals surface area contributed by atoms with Crippen LogP contribution in [0.2, 0.25) is 0 Å². The second-order valence-electron chi connectivity index (χ2n) is 4.03. The van der Waals surface area contributed by atoms with E-state index in [2.05, 4.69) is 18.2 Å². The number of rotatable bonds is 1. The van der Waals surface area contributed by atoms with Crippen molar-refractivity contribution in [2.75, 3.05) is 0 Å². The van der Waals surface area contributed by atoms with Crippen LogP contribution in [0.4, 0.5) is 0 Å². The molecule has 1 fully saturated rings. The van der Waals surface area contributed by atoms with Gasteiger partial charge in [-0.05, 0) is 31.6 Å². The molecule has 1 saturated carbocycles. The summed E-state index contributed by atoms with van der Waals surface area (Å²) in [4.78, 5) is 0. The molecule has 0 atom stereocenters. The lowest BCUT2D eigenvalue weighted by Crippen LogP contribution is -2.09. The van der Waals surface area contributed by atoms with Gasteiger partial charge in [-0.15, -0.1) is 0 Å². The van der Waals surface area contributed by atoms with Crippen molar-refractivity contribution in [2.45, 2.75) is 44.9 Å². The van der Waals surface area contributed by atoms with E-state index in [4.69, 9.17) is 0 Å². The van der Waals surface area contributed by atoms with Crippen molar-refractivity contribution in [1.82, 2.24) is 0 Å². The van der Waals surface area contributed by atoms with Crippen LogP contribution in [0.3, 0.4) is 0 Å². The number of hydrogen-bond acceptors (Lipinski definition) is 0. The highest BCUT2D eigenvalue weighted by Gasteiger charge is 2.17. The Morgan fingerprint density at radius 1 is 1.00 bits per heavy atom. The van der Waals surface area contributed by atoms with Crippen molar-refractivity contribution in [3.8, 4) is 0 Å². The van der Waals surface area contributed by atoms with E-state index in [1.807, 2.05) is 0 Å². The second kappa shape index (κ2) is 3.93. The maximum atomic E-state index is 2.45. The Hall–Kier alpha value is -0.520. The Labute approximate surface area is 75.4 Å². The van der Waals surface area contributed by atoms with Gasteiger partial charge in [0.05, 0.1) is 0 Å². The summed E-state index contributed by atoms with van der Waals surface area (Å²) in [6, 6.07) is 0. The lowest BCUT2D eigenvalue weighted by atomic mass is 9.81. The van der Waals surface area contributed by atoms with E-state index >= 15 is 0 Å². The van der Waals surface area contributed by atoms with Gasteiger partial charge in [0.2, 0.25) is 0 Å². The van der Waals surface area contributed by atoms with E-state index < -0.39 is 0 Å². The van der Waals surface area contributed by atoms with Gasteiger partial charge in [-0.1, -0.05) is 43.1 Å². The molecule has 0 aromatic rings. The molecule has 12 heavy (non-hydrogen) atoms. The maximum Gasteiger partial charge on any atom is -0.0136 e. The van der Waals surface area contributed by atoms with Crippen molar-refractivity contribution in [2.24, 2.45) is 5.92 Å². The monoisotopic (exact) mass is 162 g/mol. The smallest absolute Gasteiger partial charge is 0.0136 e. The van der Waals surface area contributed by atoms with Crippen molar-refractivity contribution in [1.29, 1.82) is 0 Å². The Balaban J connectivity index is 1.93. The SMILES string of the molecule is C1=CCC(C2CCCCC2)=CC1. The van der Waals surface area contributed by atoms with Gasteiger partial charge in [-0.3, -0.25) is 0 Å². The topological polar surface area (TPSA) is 0 Å². The first-order valence-corrected chi connectivity index (χ1v) is 5.31. The molecule has 0 aromatic carbocycles. The molecule has 66 valence electrons. The highest BCUT2D eigenvalue weighted by Crippen LogP contribution is 2.32. The molecule has 0 nitrogen and oxygen atoms in total. The summed E-state index contributed by atoms with van der Waals surface area (Å²) >= 11 is 0. The van der Waals surface area contributed by atoms with Crippen molar-refractivity contribution < 1.29 is 0 Å². The summed E-state index contributed by atoms with van der Waals surface area (Å²) in [7, 11) is 0. The van der Waals surface area contributed by atoms with E-state index in [1.165, 1.54) is 44.9 Å². The van der Waals surface area contributed by atoms with Crippen LogP contribution in [0.5, 0.6) is 0 Å². The minimum Gasteiger partial charge on any atom is -0.0844 e. The molecule has 2 aliphatic carbocycles. The van der Waals surface area contributed by atoms with E-state index in [9.17, 15) is 0 Å². The Morgan fingerprint density at radius 3 is 2.50 bits per heavy atom. The van der Waals surface area contributed by atoms with Crippen LogP contribution in [0.15, 0.2) is 23.8 Å². The lowest BCUT2D eigenvalue weighted by Gasteiger charge is -2.25. The van der Waals surface area contributed by atoms with Crippen LogP contribution in [0.1, 0.15) is 44.9 Å². The fourth-order valence-electron chi connectivity index (χ4n) is 2.43. The average Bonchev–Trinajstić information content (AvgIpc) is 2.21.